The lowest BCUT2D eigenvalue weighted by Crippen LogP contribution is -2.60. The zero-order valence-electron chi connectivity index (χ0n) is 15.6. The standard InChI is InChI=1S/C17H31N7O3/c18-4-2-11-8-21-16-14(15(19)23-24(16)10-11)17(26)22-12-9-20-5-3-13(12)27-7-1-6-25/h11-16,20-21,23,25H,1-3,5-10,19H2,(H,22,26). The molecule has 0 aliphatic carbocycles. The van der Waals surface area contributed by atoms with E-state index in [0.29, 0.717) is 39.1 Å². The highest BCUT2D eigenvalue weighted by molar-refractivity contribution is 5.80. The molecule has 3 fully saturated rings. The molecule has 6 atom stereocenters. The molecule has 1 amide bonds. The van der Waals surface area contributed by atoms with Gasteiger partial charge in [-0.3, -0.25) is 10.1 Å². The molecule has 3 heterocycles. The number of ether oxygens (including phenoxy) is 1. The molecule has 3 saturated heterocycles. The molecular weight excluding hydrogens is 350 g/mol. The third kappa shape index (κ3) is 4.94. The third-order valence-electron chi connectivity index (χ3n) is 5.51. The molecule has 10 nitrogen and oxygen atoms in total. The Labute approximate surface area is 159 Å². The van der Waals surface area contributed by atoms with Gasteiger partial charge in [-0.15, -0.1) is 0 Å². The van der Waals surface area contributed by atoms with E-state index in [2.05, 4.69) is 27.4 Å². The quantitative estimate of drug-likeness (QED) is 0.261. The summed E-state index contributed by atoms with van der Waals surface area (Å²) in [7, 11) is 0. The van der Waals surface area contributed by atoms with Gasteiger partial charge in [0.15, 0.2) is 0 Å². The number of nitrogens with zero attached hydrogens (tertiary/aromatic N) is 2. The number of carbonyl (C=O) groups is 1. The summed E-state index contributed by atoms with van der Waals surface area (Å²) in [6, 6.07) is 2.08. The normalized spacial score (nSPS) is 36.8. The Morgan fingerprint density at radius 3 is 3.07 bits per heavy atom. The van der Waals surface area contributed by atoms with Crippen LogP contribution in [0.15, 0.2) is 0 Å². The molecule has 0 saturated carbocycles. The van der Waals surface area contributed by atoms with Crippen LogP contribution in [0.4, 0.5) is 0 Å². The highest BCUT2D eigenvalue weighted by Crippen LogP contribution is 2.24. The summed E-state index contributed by atoms with van der Waals surface area (Å²) in [4.78, 5) is 13.0. The van der Waals surface area contributed by atoms with Gasteiger partial charge in [0.2, 0.25) is 5.91 Å². The zero-order valence-corrected chi connectivity index (χ0v) is 15.6. The zero-order chi connectivity index (χ0) is 19.2. The number of rotatable bonds is 7. The molecule has 0 aromatic carbocycles. The van der Waals surface area contributed by atoms with E-state index in [1.807, 2.05) is 5.01 Å². The summed E-state index contributed by atoms with van der Waals surface area (Å²) in [5.41, 5.74) is 9.37. The first kappa shape index (κ1) is 20.4. The number of aliphatic hydroxyl groups is 1. The van der Waals surface area contributed by atoms with Crippen LogP contribution < -0.4 is 27.1 Å². The largest absolute Gasteiger partial charge is 0.396 e. The Morgan fingerprint density at radius 1 is 1.44 bits per heavy atom. The minimum Gasteiger partial charge on any atom is -0.396 e. The maximum Gasteiger partial charge on any atom is 0.229 e. The molecule has 0 aromatic heterocycles. The molecule has 0 aromatic rings. The van der Waals surface area contributed by atoms with Crippen molar-refractivity contribution >= 4 is 5.91 Å². The molecule has 0 spiro atoms. The van der Waals surface area contributed by atoms with E-state index in [1.54, 1.807) is 0 Å². The summed E-state index contributed by atoms with van der Waals surface area (Å²) >= 11 is 0. The van der Waals surface area contributed by atoms with Crippen LogP contribution in [0.2, 0.25) is 0 Å². The van der Waals surface area contributed by atoms with Crippen molar-refractivity contribution < 1.29 is 14.6 Å². The lowest BCUT2D eigenvalue weighted by Gasteiger charge is -2.37. The Bertz CT molecular complexity index is 543. The summed E-state index contributed by atoms with van der Waals surface area (Å²) in [5.74, 6) is -0.300. The summed E-state index contributed by atoms with van der Waals surface area (Å²) in [6.07, 6.45) is 1.16. The minimum atomic E-state index is -0.478. The number of hydrogen-bond donors (Lipinski definition) is 6. The van der Waals surface area contributed by atoms with E-state index in [0.717, 1.165) is 13.0 Å². The number of hydrogen-bond acceptors (Lipinski definition) is 9. The van der Waals surface area contributed by atoms with Crippen molar-refractivity contribution in [2.45, 2.75) is 43.7 Å². The second-order valence-corrected chi connectivity index (χ2v) is 7.51. The predicted molar refractivity (Wildman–Crippen MR) is 97.7 cm³/mol. The fourth-order valence-electron chi connectivity index (χ4n) is 4.10. The lowest BCUT2D eigenvalue weighted by molar-refractivity contribution is -0.129. The van der Waals surface area contributed by atoms with Crippen LogP contribution >= 0.6 is 0 Å². The fourth-order valence-corrected chi connectivity index (χ4v) is 4.10. The molecule has 10 heteroatoms. The van der Waals surface area contributed by atoms with E-state index < -0.39 is 12.1 Å². The second-order valence-electron chi connectivity index (χ2n) is 7.51. The Kier molecular flexibility index (Phi) is 7.37. The average Bonchev–Trinajstić information content (AvgIpc) is 2.98. The molecule has 27 heavy (non-hydrogen) atoms. The van der Waals surface area contributed by atoms with Crippen molar-refractivity contribution in [3.63, 3.8) is 0 Å². The average molecular weight is 381 g/mol. The minimum absolute atomic E-state index is 0.0669. The number of hydrazine groups is 1. The SMILES string of the molecule is N#CCC1CNC2C(C(=O)NC3CNCCC3OCCCO)C(N)NN2C1. The van der Waals surface area contributed by atoms with Gasteiger partial charge in [0.25, 0.3) is 0 Å². The molecule has 7 N–H and O–H groups in total. The Morgan fingerprint density at radius 2 is 2.30 bits per heavy atom. The van der Waals surface area contributed by atoms with E-state index >= 15 is 0 Å². The molecular formula is C17H31N7O3. The maximum absolute atomic E-state index is 13.0. The highest BCUT2D eigenvalue weighted by Gasteiger charge is 2.47. The lowest BCUT2D eigenvalue weighted by atomic mass is 9.96. The van der Waals surface area contributed by atoms with Crippen LogP contribution in [0.3, 0.4) is 0 Å². The number of carbonyl (C=O) groups excluding carboxylic acids is 1. The number of piperidine rings is 1. The first-order valence-electron chi connectivity index (χ1n) is 9.76. The molecule has 0 radical (unpaired) electrons. The van der Waals surface area contributed by atoms with Gasteiger partial charge in [0, 0.05) is 39.3 Å². The second kappa shape index (κ2) is 9.75. The summed E-state index contributed by atoms with van der Waals surface area (Å²) in [5, 5.41) is 29.5. The van der Waals surface area contributed by atoms with Gasteiger partial charge in [-0.05, 0) is 25.3 Å². The van der Waals surface area contributed by atoms with Gasteiger partial charge in [0.1, 0.15) is 0 Å². The first-order chi connectivity index (χ1) is 13.1. The van der Waals surface area contributed by atoms with Gasteiger partial charge in [0.05, 0.1) is 36.5 Å². The number of nitriles is 1. The number of nitrogens with one attached hydrogen (secondary N) is 4. The number of aliphatic hydroxyl groups excluding tert-OH is 1. The van der Waals surface area contributed by atoms with Crippen LogP contribution in [0.5, 0.6) is 0 Å². The summed E-state index contributed by atoms with van der Waals surface area (Å²) in [6.45, 7) is 3.47. The van der Waals surface area contributed by atoms with Gasteiger partial charge >= 0.3 is 0 Å². The Hall–Kier alpha value is -1.32. The topological polar surface area (TPSA) is 148 Å². The molecule has 152 valence electrons. The van der Waals surface area contributed by atoms with Gasteiger partial charge in [-0.1, -0.05) is 0 Å². The monoisotopic (exact) mass is 381 g/mol. The molecule has 0 bridgehead atoms. The molecule has 3 aliphatic rings. The van der Waals surface area contributed by atoms with E-state index in [1.165, 1.54) is 0 Å². The van der Waals surface area contributed by atoms with Crippen molar-refractivity contribution in [2.75, 3.05) is 39.4 Å². The van der Waals surface area contributed by atoms with E-state index in [9.17, 15) is 4.79 Å². The number of fused-ring (bicyclic) bond motifs is 1. The van der Waals surface area contributed by atoms with Crippen molar-refractivity contribution in [3.05, 3.63) is 0 Å². The predicted octanol–water partition coefficient (Wildman–Crippen LogP) is -2.59. The van der Waals surface area contributed by atoms with Gasteiger partial charge in [-0.2, -0.15) is 5.26 Å². The number of nitrogens with two attached hydrogens (primary N) is 1. The van der Waals surface area contributed by atoms with Crippen LogP contribution in [-0.2, 0) is 9.53 Å². The van der Waals surface area contributed by atoms with Crippen molar-refractivity contribution in [3.8, 4) is 6.07 Å². The molecule has 6 unspecified atom stereocenters. The van der Waals surface area contributed by atoms with Crippen LogP contribution in [0.25, 0.3) is 0 Å². The van der Waals surface area contributed by atoms with E-state index in [4.69, 9.17) is 20.8 Å². The third-order valence-corrected chi connectivity index (χ3v) is 5.51. The van der Waals surface area contributed by atoms with Crippen molar-refractivity contribution in [1.29, 1.82) is 5.26 Å². The van der Waals surface area contributed by atoms with Crippen molar-refractivity contribution in [2.24, 2.45) is 17.6 Å². The van der Waals surface area contributed by atoms with E-state index in [-0.39, 0.29) is 36.7 Å². The summed E-state index contributed by atoms with van der Waals surface area (Å²) < 4.78 is 5.86. The maximum atomic E-state index is 13.0. The molecule has 3 rings (SSSR count). The fraction of sp³-hybridized carbons (Fsp3) is 0.882. The first-order valence-corrected chi connectivity index (χ1v) is 9.76. The smallest absolute Gasteiger partial charge is 0.229 e. The Balaban J connectivity index is 1.57. The van der Waals surface area contributed by atoms with Gasteiger partial charge in [-0.25, -0.2) is 10.4 Å². The van der Waals surface area contributed by atoms with Crippen LogP contribution in [-0.4, -0.2) is 79.9 Å². The highest BCUT2D eigenvalue weighted by atomic mass is 16.5. The van der Waals surface area contributed by atoms with Crippen LogP contribution in [0, 0.1) is 23.2 Å². The van der Waals surface area contributed by atoms with Crippen molar-refractivity contribution in [1.82, 2.24) is 26.4 Å². The number of amides is 1. The van der Waals surface area contributed by atoms with Gasteiger partial charge < -0.3 is 26.2 Å². The van der Waals surface area contributed by atoms with Crippen LogP contribution in [0.1, 0.15) is 19.3 Å². The molecule has 3 aliphatic heterocycles.